The van der Waals surface area contributed by atoms with Crippen molar-refractivity contribution < 1.29 is 9.53 Å². The largest absolute Gasteiger partial charge is 0.376 e. The third-order valence-electron chi connectivity index (χ3n) is 4.58. The number of anilines is 1. The Morgan fingerprint density at radius 2 is 2.15 bits per heavy atom. The van der Waals surface area contributed by atoms with Crippen molar-refractivity contribution in [3.05, 3.63) is 35.1 Å². The number of nitrogens with zero attached hydrogens (tertiary/aromatic N) is 3. The second-order valence-corrected chi connectivity index (χ2v) is 8.03. The van der Waals surface area contributed by atoms with E-state index in [9.17, 15) is 4.79 Å². The number of thioether (sulfide) groups is 1. The van der Waals surface area contributed by atoms with Crippen molar-refractivity contribution in [2.24, 2.45) is 0 Å². The van der Waals surface area contributed by atoms with E-state index >= 15 is 0 Å². The summed E-state index contributed by atoms with van der Waals surface area (Å²) in [5.41, 5.74) is 0.624. The van der Waals surface area contributed by atoms with Crippen LogP contribution in [0, 0.1) is 0 Å². The van der Waals surface area contributed by atoms with Crippen molar-refractivity contribution in [3.8, 4) is 0 Å². The third kappa shape index (κ3) is 4.22. The molecule has 1 aromatic carbocycles. The van der Waals surface area contributed by atoms with E-state index < -0.39 is 0 Å². The maximum absolute atomic E-state index is 12.3. The molecular formula is C18H21ClN4O2S. The normalized spacial score (nSPS) is 19.7. The number of amides is 1. The monoisotopic (exact) mass is 392 g/mol. The second-order valence-electron chi connectivity index (χ2n) is 6.68. The molecule has 2 aromatic rings. The summed E-state index contributed by atoms with van der Waals surface area (Å²) >= 11 is 7.50. The highest BCUT2D eigenvalue weighted by Gasteiger charge is 2.32. The molecule has 1 aliphatic heterocycles. The Balaban J connectivity index is 1.41. The minimum Gasteiger partial charge on any atom is -0.376 e. The van der Waals surface area contributed by atoms with E-state index in [4.69, 9.17) is 16.3 Å². The van der Waals surface area contributed by atoms with Crippen LogP contribution in [0.4, 0.5) is 5.69 Å². The Kier molecular flexibility index (Phi) is 5.47. The van der Waals surface area contributed by atoms with Gasteiger partial charge in [-0.3, -0.25) is 4.79 Å². The predicted octanol–water partition coefficient (Wildman–Crippen LogP) is 3.72. The number of nitrogens with one attached hydrogen (secondary N) is 1. The van der Waals surface area contributed by atoms with Crippen LogP contribution in [0.5, 0.6) is 0 Å². The van der Waals surface area contributed by atoms with Crippen LogP contribution < -0.4 is 5.32 Å². The lowest BCUT2D eigenvalue weighted by Crippen LogP contribution is -2.19. The highest BCUT2D eigenvalue weighted by Crippen LogP contribution is 2.40. The first-order chi connectivity index (χ1) is 12.7. The standard InChI is InChI=1S/C18H21ClN4O2S/c19-14-5-1-2-6-15(14)20-16(24)11-26-18-22-21-17(12-7-8-12)23(18)10-13-4-3-9-25-13/h1-2,5-6,12-13H,3-4,7-11H2,(H,20,24)/t13-/m0/s1. The highest BCUT2D eigenvalue weighted by molar-refractivity contribution is 7.99. The van der Waals surface area contributed by atoms with Crippen LogP contribution in [-0.4, -0.2) is 39.1 Å². The van der Waals surface area contributed by atoms with Gasteiger partial charge in [0.25, 0.3) is 0 Å². The Hall–Kier alpha value is -1.57. The highest BCUT2D eigenvalue weighted by atomic mass is 35.5. The molecule has 6 nitrogen and oxygen atoms in total. The number of para-hydroxylation sites is 1. The summed E-state index contributed by atoms with van der Waals surface area (Å²) in [5.74, 6) is 1.70. The van der Waals surface area contributed by atoms with Crippen molar-refractivity contribution in [2.45, 2.75) is 49.4 Å². The molecule has 1 atom stereocenters. The van der Waals surface area contributed by atoms with Crippen LogP contribution in [0.15, 0.2) is 29.4 Å². The number of aromatic nitrogens is 3. The van der Waals surface area contributed by atoms with Crippen molar-refractivity contribution in [3.63, 3.8) is 0 Å². The smallest absolute Gasteiger partial charge is 0.234 e. The van der Waals surface area contributed by atoms with Gasteiger partial charge in [-0.15, -0.1) is 10.2 Å². The molecule has 1 aromatic heterocycles. The summed E-state index contributed by atoms with van der Waals surface area (Å²) in [4.78, 5) is 12.3. The maximum Gasteiger partial charge on any atom is 0.234 e. The van der Waals surface area contributed by atoms with Gasteiger partial charge in [0.2, 0.25) is 5.91 Å². The summed E-state index contributed by atoms with van der Waals surface area (Å²) in [5, 5.41) is 12.9. The number of carbonyl (C=O) groups excluding carboxylic acids is 1. The Morgan fingerprint density at radius 3 is 2.88 bits per heavy atom. The minimum atomic E-state index is -0.109. The first kappa shape index (κ1) is 17.8. The first-order valence-electron chi connectivity index (χ1n) is 8.92. The molecule has 0 unspecified atom stereocenters. The van der Waals surface area contributed by atoms with E-state index in [0.717, 1.165) is 37.0 Å². The average Bonchev–Trinajstić information content (AvgIpc) is 3.20. The Labute approximate surface area is 161 Å². The van der Waals surface area contributed by atoms with Crippen LogP contribution in [-0.2, 0) is 16.1 Å². The molecule has 0 spiro atoms. The lowest BCUT2D eigenvalue weighted by atomic mass is 10.2. The molecule has 1 saturated heterocycles. The number of rotatable bonds is 7. The van der Waals surface area contributed by atoms with Crippen molar-refractivity contribution in [1.82, 2.24) is 14.8 Å². The molecule has 1 amide bonds. The quantitative estimate of drug-likeness (QED) is 0.727. The fourth-order valence-corrected chi connectivity index (χ4v) is 4.03. The third-order valence-corrected chi connectivity index (χ3v) is 5.87. The van der Waals surface area contributed by atoms with Gasteiger partial charge in [-0.1, -0.05) is 35.5 Å². The Morgan fingerprint density at radius 1 is 1.31 bits per heavy atom. The Bertz CT molecular complexity index is 787. The first-order valence-corrected chi connectivity index (χ1v) is 10.3. The fraction of sp³-hybridized carbons (Fsp3) is 0.500. The molecule has 1 saturated carbocycles. The molecule has 2 aliphatic rings. The second kappa shape index (κ2) is 7.98. The van der Waals surface area contributed by atoms with Crippen LogP contribution >= 0.6 is 23.4 Å². The van der Waals surface area contributed by atoms with Gasteiger partial charge in [0.05, 0.1) is 29.1 Å². The maximum atomic E-state index is 12.3. The van der Waals surface area contributed by atoms with Gasteiger partial charge in [-0.05, 0) is 37.8 Å². The zero-order valence-electron chi connectivity index (χ0n) is 14.4. The number of carbonyl (C=O) groups is 1. The van der Waals surface area contributed by atoms with E-state index in [0.29, 0.717) is 16.6 Å². The van der Waals surface area contributed by atoms with Gasteiger partial charge in [0, 0.05) is 12.5 Å². The molecule has 138 valence electrons. The van der Waals surface area contributed by atoms with Crippen molar-refractivity contribution in [2.75, 3.05) is 17.7 Å². The zero-order chi connectivity index (χ0) is 17.9. The van der Waals surface area contributed by atoms with Crippen LogP contribution in [0.3, 0.4) is 0 Å². The topological polar surface area (TPSA) is 69.0 Å². The van der Waals surface area contributed by atoms with Gasteiger partial charge in [-0.25, -0.2) is 0 Å². The van der Waals surface area contributed by atoms with Gasteiger partial charge >= 0.3 is 0 Å². The summed E-state index contributed by atoms with van der Waals surface area (Å²) in [6.07, 6.45) is 4.73. The SMILES string of the molecule is O=C(CSc1nnc(C2CC2)n1C[C@@H]1CCCO1)Nc1ccccc1Cl. The molecule has 0 bridgehead atoms. The average molecular weight is 393 g/mol. The van der Waals surface area contributed by atoms with Crippen molar-refractivity contribution in [1.29, 1.82) is 0 Å². The predicted molar refractivity (Wildman–Crippen MR) is 102 cm³/mol. The fourth-order valence-electron chi connectivity index (χ4n) is 3.09. The van der Waals surface area contributed by atoms with E-state index in [1.807, 2.05) is 12.1 Å². The summed E-state index contributed by atoms with van der Waals surface area (Å²) in [7, 11) is 0. The summed E-state index contributed by atoms with van der Waals surface area (Å²) in [6, 6.07) is 7.22. The molecule has 26 heavy (non-hydrogen) atoms. The van der Waals surface area contributed by atoms with Gasteiger partial charge < -0.3 is 14.6 Å². The van der Waals surface area contributed by atoms with E-state index in [-0.39, 0.29) is 17.8 Å². The lowest BCUT2D eigenvalue weighted by molar-refractivity contribution is -0.113. The number of hydrogen-bond donors (Lipinski definition) is 1. The molecule has 2 fully saturated rings. The van der Waals surface area contributed by atoms with E-state index in [2.05, 4.69) is 20.1 Å². The molecular weight excluding hydrogens is 372 g/mol. The molecule has 0 radical (unpaired) electrons. The molecule has 4 rings (SSSR count). The van der Waals surface area contributed by atoms with Gasteiger partial charge in [-0.2, -0.15) is 0 Å². The molecule has 2 heterocycles. The molecule has 1 N–H and O–H groups in total. The summed E-state index contributed by atoms with van der Waals surface area (Å²) < 4.78 is 7.93. The number of hydrogen-bond acceptors (Lipinski definition) is 5. The zero-order valence-corrected chi connectivity index (χ0v) is 15.9. The number of halogens is 1. The number of benzene rings is 1. The number of ether oxygens (including phenoxy) is 1. The van der Waals surface area contributed by atoms with E-state index in [1.165, 1.54) is 24.6 Å². The summed E-state index contributed by atoms with van der Waals surface area (Å²) in [6.45, 7) is 1.60. The molecule has 8 heteroatoms. The van der Waals surface area contributed by atoms with Crippen LogP contribution in [0.25, 0.3) is 0 Å². The van der Waals surface area contributed by atoms with Crippen LogP contribution in [0.1, 0.15) is 37.4 Å². The van der Waals surface area contributed by atoms with Crippen LogP contribution in [0.2, 0.25) is 5.02 Å². The van der Waals surface area contributed by atoms with E-state index in [1.54, 1.807) is 12.1 Å². The van der Waals surface area contributed by atoms with Crippen molar-refractivity contribution >= 4 is 35.0 Å². The molecule has 1 aliphatic carbocycles. The minimum absolute atomic E-state index is 0.109. The lowest BCUT2D eigenvalue weighted by Gasteiger charge is -2.14. The van der Waals surface area contributed by atoms with Gasteiger partial charge in [0.1, 0.15) is 5.82 Å². The van der Waals surface area contributed by atoms with Gasteiger partial charge in [0.15, 0.2) is 5.16 Å².